The predicted octanol–water partition coefficient (Wildman–Crippen LogP) is 2.21. The maximum Gasteiger partial charge on any atom is 0.262 e. The molecule has 2 heterocycles. The molecule has 0 bridgehead atoms. The van der Waals surface area contributed by atoms with E-state index >= 15 is 0 Å². The molecule has 1 unspecified atom stereocenters. The van der Waals surface area contributed by atoms with Crippen molar-refractivity contribution in [2.45, 2.75) is 44.6 Å². The first-order chi connectivity index (χ1) is 16.5. The van der Waals surface area contributed by atoms with Gasteiger partial charge in [0.1, 0.15) is 6.04 Å². The normalized spacial score (nSPS) is 20.1. The Morgan fingerprint density at radius 1 is 0.912 bits per heavy atom. The van der Waals surface area contributed by atoms with E-state index in [2.05, 4.69) is 10.6 Å². The van der Waals surface area contributed by atoms with E-state index in [1.807, 2.05) is 24.3 Å². The number of imide groups is 2. The number of rotatable bonds is 6. The molecule has 34 heavy (non-hydrogen) atoms. The van der Waals surface area contributed by atoms with Gasteiger partial charge in [-0.1, -0.05) is 42.8 Å². The van der Waals surface area contributed by atoms with Crippen LogP contribution in [-0.4, -0.2) is 47.0 Å². The van der Waals surface area contributed by atoms with Crippen LogP contribution in [0.25, 0.3) is 11.1 Å². The lowest BCUT2D eigenvalue weighted by Gasteiger charge is -2.27. The van der Waals surface area contributed by atoms with Gasteiger partial charge in [-0.25, -0.2) is 0 Å². The number of hydrogen-bond donors (Lipinski definition) is 2. The van der Waals surface area contributed by atoms with E-state index in [4.69, 9.17) is 0 Å². The fourth-order valence-corrected chi connectivity index (χ4v) is 4.88. The molecule has 8 heteroatoms. The van der Waals surface area contributed by atoms with Crippen molar-refractivity contribution < 1.29 is 24.0 Å². The monoisotopic (exact) mass is 459 g/mol. The summed E-state index contributed by atoms with van der Waals surface area (Å²) in [7, 11) is 0. The number of hydrogen-bond acceptors (Lipinski definition) is 5. The summed E-state index contributed by atoms with van der Waals surface area (Å²) in [6.45, 7) is 0.483. The molecule has 5 amide bonds. The van der Waals surface area contributed by atoms with Crippen molar-refractivity contribution in [1.82, 2.24) is 15.5 Å². The Morgan fingerprint density at radius 2 is 1.65 bits per heavy atom. The first kappa shape index (κ1) is 22.0. The fourth-order valence-electron chi connectivity index (χ4n) is 4.88. The zero-order valence-corrected chi connectivity index (χ0v) is 18.6. The van der Waals surface area contributed by atoms with Crippen molar-refractivity contribution in [1.29, 1.82) is 0 Å². The zero-order valence-electron chi connectivity index (χ0n) is 18.6. The molecule has 1 atom stereocenters. The average Bonchev–Trinajstić information content (AvgIpc) is 3.03. The molecule has 1 saturated carbocycles. The van der Waals surface area contributed by atoms with E-state index in [9.17, 15) is 24.0 Å². The molecule has 3 aliphatic rings. The van der Waals surface area contributed by atoms with E-state index in [1.54, 1.807) is 18.2 Å². The predicted molar refractivity (Wildman–Crippen MR) is 123 cm³/mol. The Balaban J connectivity index is 1.42. The van der Waals surface area contributed by atoms with Crippen LogP contribution in [0.2, 0.25) is 0 Å². The minimum absolute atomic E-state index is 0.0755. The van der Waals surface area contributed by atoms with Gasteiger partial charge in [0.2, 0.25) is 17.7 Å². The maximum atomic E-state index is 13.4. The molecule has 2 fully saturated rings. The number of nitrogens with zero attached hydrogens (tertiary/aromatic N) is 1. The van der Waals surface area contributed by atoms with Gasteiger partial charge in [-0.15, -0.1) is 0 Å². The van der Waals surface area contributed by atoms with Crippen LogP contribution in [0, 0.1) is 5.92 Å². The number of amides is 5. The van der Waals surface area contributed by atoms with Crippen molar-refractivity contribution in [3.05, 3.63) is 59.2 Å². The Morgan fingerprint density at radius 3 is 2.38 bits per heavy atom. The molecule has 2 aromatic rings. The Labute approximate surface area is 196 Å². The molecule has 2 aliphatic heterocycles. The van der Waals surface area contributed by atoms with Crippen molar-refractivity contribution in [2.24, 2.45) is 5.92 Å². The van der Waals surface area contributed by atoms with E-state index in [0.29, 0.717) is 18.5 Å². The van der Waals surface area contributed by atoms with E-state index in [-0.39, 0.29) is 35.8 Å². The third-order valence-electron chi connectivity index (χ3n) is 6.95. The topological polar surface area (TPSA) is 113 Å². The van der Waals surface area contributed by atoms with Crippen molar-refractivity contribution in [3.63, 3.8) is 0 Å². The Hall–Kier alpha value is -3.81. The molecule has 5 rings (SSSR count). The smallest absolute Gasteiger partial charge is 0.262 e. The van der Waals surface area contributed by atoms with Gasteiger partial charge in [0.25, 0.3) is 11.8 Å². The van der Waals surface area contributed by atoms with Crippen LogP contribution in [-0.2, 0) is 20.8 Å². The number of carbonyl (C=O) groups is 5. The van der Waals surface area contributed by atoms with Crippen molar-refractivity contribution in [2.75, 3.05) is 6.54 Å². The summed E-state index contributed by atoms with van der Waals surface area (Å²) in [5.41, 5.74) is 2.89. The number of benzene rings is 2. The molecule has 174 valence electrons. The molecule has 0 spiro atoms. The first-order valence-corrected chi connectivity index (χ1v) is 11.7. The number of nitrogens with one attached hydrogen (secondary N) is 2. The molecular formula is C26H25N3O5. The van der Waals surface area contributed by atoms with Crippen molar-refractivity contribution >= 4 is 29.5 Å². The van der Waals surface area contributed by atoms with E-state index in [0.717, 1.165) is 35.3 Å². The van der Waals surface area contributed by atoms with Gasteiger partial charge >= 0.3 is 0 Å². The molecule has 2 aromatic carbocycles. The van der Waals surface area contributed by atoms with Crippen LogP contribution in [0.1, 0.15) is 58.4 Å². The van der Waals surface area contributed by atoms with Crippen LogP contribution in [0.15, 0.2) is 42.5 Å². The highest BCUT2D eigenvalue weighted by molar-refractivity contribution is 6.25. The highest BCUT2D eigenvalue weighted by Gasteiger charge is 2.45. The van der Waals surface area contributed by atoms with Gasteiger partial charge in [-0.05, 0) is 48.4 Å². The summed E-state index contributed by atoms with van der Waals surface area (Å²) >= 11 is 0. The molecule has 2 N–H and O–H groups in total. The standard InChI is InChI=1S/C26H25N3O5/c30-21-12-11-20(24(32)28-21)29-25(33)19-10-4-9-18(22(19)26(29)34)17-8-2-1-5-15(17)13-14-27-23(31)16-6-3-7-16/h1-2,4-5,8-10,16,20H,3,6-7,11-14H2,(H,27,31)(H,28,30,32). The van der Waals surface area contributed by atoms with Crippen molar-refractivity contribution in [3.8, 4) is 11.1 Å². The van der Waals surface area contributed by atoms with Crippen LogP contribution in [0.4, 0.5) is 0 Å². The molecule has 0 radical (unpaired) electrons. The Bertz CT molecular complexity index is 1220. The molecule has 1 aliphatic carbocycles. The van der Waals surface area contributed by atoms with Gasteiger partial charge < -0.3 is 5.32 Å². The van der Waals surface area contributed by atoms with Gasteiger partial charge in [0.15, 0.2) is 0 Å². The summed E-state index contributed by atoms with van der Waals surface area (Å²) in [5, 5.41) is 5.22. The van der Waals surface area contributed by atoms with E-state index < -0.39 is 29.7 Å². The molecule has 8 nitrogen and oxygen atoms in total. The second-order valence-corrected chi connectivity index (χ2v) is 9.00. The Kier molecular flexibility index (Phi) is 5.73. The summed E-state index contributed by atoms with van der Waals surface area (Å²) < 4.78 is 0. The highest BCUT2D eigenvalue weighted by atomic mass is 16.2. The average molecular weight is 460 g/mol. The fraction of sp³-hybridized carbons (Fsp3) is 0.346. The van der Waals surface area contributed by atoms with Gasteiger partial charge in [0, 0.05) is 18.9 Å². The van der Waals surface area contributed by atoms with Gasteiger partial charge in [0.05, 0.1) is 11.1 Å². The lowest BCUT2D eigenvalue weighted by Crippen LogP contribution is -2.54. The maximum absolute atomic E-state index is 13.4. The second kappa shape index (κ2) is 8.85. The zero-order chi connectivity index (χ0) is 23.8. The highest BCUT2D eigenvalue weighted by Crippen LogP contribution is 2.36. The molecular weight excluding hydrogens is 434 g/mol. The van der Waals surface area contributed by atoms with Crippen LogP contribution in [0.5, 0.6) is 0 Å². The van der Waals surface area contributed by atoms with Crippen LogP contribution < -0.4 is 10.6 Å². The van der Waals surface area contributed by atoms with Gasteiger partial charge in [-0.2, -0.15) is 0 Å². The third-order valence-corrected chi connectivity index (χ3v) is 6.95. The summed E-state index contributed by atoms with van der Waals surface area (Å²) in [6.07, 6.45) is 3.76. The lowest BCUT2D eigenvalue weighted by molar-refractivity contribution is -0.136. The summed E-state index contributed by atoms with van der Waals surface area (Å²) in [6, 6.07) is 11.7. The SMILES string of the molecule is O=C1CCC(N2C(=O)c3cccc(-c4ccccc4CCNC(=O)C4CCC4)c3C2=O)C(=O)N1. The number of piperidine rings is 1. The number of carbonyl (C=O) groups excluding carboxylic acids is 5. The molecule has 1 saturated heterocycles. The largest absolute Gasteiger partial charge is 0.356 e. The quantitative estimate of drug-likeness (QED) is 0.644. The van der Waals surface area contributed by atoms with Crippen LogP contribution in [0.3, 0.4) is 0 Å². The second-order valence-electron chi connectivity index (χ2n) is 9.00. The third kappa shape index (κ3) is 3.79. The summed E-state index contributed by atoms with van der Waals surface area (Å²) in [5.74, 6) is -1.88. The minimum atomic E-state index is -1.00. The van der Waals surface area contributed by atoms with E-state index in [1.165, 1.54) is 0 Å². The first-order valence-electron chi connectivity index (χ1n) is 11.7. The lowest BCUT2D eigenvalue weighted by atomic mass is 9.85. The van der Waals surface area contributed by atoms with Crippen LogP contribution >= 0.6 is 0 Å². The molecule has 0 aromatic heterocycles. The summed E-state index contributed by atoms with van der Waals surface area (Å²) in [4.78, 5) is 63.7. The van der Waals surface area contributed by atoms with Gasteiger partial charge in [-0.3, -0.25) is 34.2 Å². The number of fused-ring (bicyclic) bond motifs is 1. The minimum Gasteiger partial charge on any atom is -0.356 e.